The molecule has 0 saturated heterocycles. The number of carbonyl (C=O) groups excluding carboxylic acids is 1. The number of aryl methyl sites for hydroxylation is 1. The van der Waals surface area contributed by atoms with Crippen LogP contribution in [0.2, 0.25) is 0 Å². The lowest BCUT2D eigenvalue weighted by molar-refractivity contribution is -0.120. The summed E-state index contributed by atoms with van der Waals surface area (Å²) in [6, 6.07) is 0.351. The molecule has 0 aromatic carbocycles. The second-order valence-corrected chi connectivity index (χ2v) is 6.31. The minimum atomic E-state index is 0.122. The van der Waals surface area contributed by atoms with Crippen molar-refractivity contribution in [1.82, 2.24) is 15.1 Å². The first-order valence-electron chi connectivity index (χ1n) is 6.86. The molecule has 0 radical (unpaired) electrons. The predicted octanol–water partition coefficient (Wildman–Crippen LogP) is 2.84. The minimum absolute atomic E-state index is 0.122. The van der Waals surface area contributed by atoms with E-state index in [0.717, 1.165) is 28.5 Å². The zero-order chi connectivity index (χ0) is 14.4. The maximum atomic E-state index is 11.7. The largest absolute Gasteiger partial charge is 0.352 e. The lowest BCUT2D eigenvalue weighted by Crippen LogP contribution is -2.23. The molecule has 1 heterocycles. The third-order valence-electron chi connectivity index (χ3n) is 3.10. The van der Waals surface area contributed by atoms with Gasteiger partial charge in [-0.1, -0.05) is 6.92 Å². The monoisotopic (exact) mass is 283 g/mol. The molecule has 1 aromatic heterocycles. The Bertz CT molecular complexity index is 427. The van der Waals surface area contributed by atoms with Gasteiger partial charge in [-0.2, -0.15) is 16.9 Å². The molecule has 0 spiro atoms. The molecule has 0 aliphatic rings. The van der Waals surface area contributed by atoms with E-state index in [4.69, 9.17) is 0 Å². The normalized spacial score (nSPS) is 11.1. The Balaban J connectivity index is 2.56. The number of amides is 1. The Hall–Kier alpha value is -0.970. The van der Waals surface area contributed by atoms with E-state index in [0.29, 0.717) is 19.0 Å². The van der Waals surface area contributed by atoms with Gasteiger partial charge in [-0.3, -0.25) is 9.48 Å². The van der Waals surface area contributed by atoms with Crippen molar-refractivity contribution in [3.63, 3.8) is 0 Å². The van der Waals surface area contributed by atoms with E-state index in [-0.39, 0.29) is 5.91 Å². The summed E-state index contributed by atoms with van der Waals surface area (Å²) in [5, 5.41) is 7.51. The summed E-state index contributed by atoms with van der Waals surface area (Å²) in [6.07, 6.45) is 0.592. The van der Waals surface area contributed by atoms with E-state index in [1.165, 1.54) is 0 Å². The Kier molecular flexibility index (Phi) is 6.42. The van der Waals surface area contributed by atoms with Gasteiger partial charge >= 0.3 is 0 Å². The number of thioether (sulfide) groups is 1. The SMILES string of the molecule is CCSCCC(=O)NCc1c(C)nn(C(C)C)c1C. The topological polar surface area (TPSA) is 46.9 Å². The predicted molar refractivity (Wildman–Crippen MR) is 81.5 cm³/mol. The highest BCUT2D eigenvalue weighted by atomic mass is 32.2. The van der Waals surface area contributed by atoms with Crippen molar-refractivity contribution in [3.8, 4) is 0 Å². The van der Waals surface area contributed by atoms with Crippen LogP contribution in [0.3, 0.4) is 0 Å². The number of rotatable bonds is 7. The molecular formula is C14H25N3OS. The smallest absolute Gasteiger partial charge is 0.221 e. The minimum Gasteiger partial charge on any atom is -0.352 e. The summed E-state index contributed by atoms with van der Waals surface area (Å²) in [7, 11) is 0. The van der Waals surface area contributed by atoms with Crippen LogP contribution in [0.5, 0.6) is 0 Å². The average molecular weight is 283 g/mol. The van der Waals surface area contributed by atoms with Crippen LogP contribution >= 0.6 is 11.8 Å². The summed E-state index contributed by atoms with van der Waals surface area (Å²) < 4.78 is 2.02. The van der Waals surface area contributed by atoms with Gasteiger partial charge in [0.2, 0.25) is 5.91 Å². The first-order chi connectivity index (χ1) is 8.97. The lowest BCUT2D eigenvalue weighted by Gasteiger charge is -2.09. The molecule has 0 aliphatic carbocycles. The fraction of sp³-hybridized carbons (Fsp3) is 0.714. The third kappa shape index (κ3) is 4.56. The summed E-state index contributed by atoms with van der Waals surface area (Å²) in [6.45, 7) is 11.0. The summed E-state index contributed by atoms with van der Waals surface area (Å²) in [5.41, 5.74) is 3.30. The average Bonchev–Trinajstić information content (AvgIpc) is 2.63. The number of aromatic nitrogens is 2. The van der Waals surface area contributed by atoms with Crippen molar-refractivity contribution in [2.45, 2.75) is 53.6 Å². The Morgan fingerprint density at radius 2 is 2.11 bits per heavy atom. The van der Waals surface area contributed by atoms with Crippen molar-refractivity contribution in [3.05, 3.63) is 17.0 Å². The van der Waals surface area contributed by atoms with Crippen LogP contribution in [-0.4, -0.2) is 27.2 Å². The highest BCUT2D eigenvalue weighted by molar-refractivity contribution is 7.99. The molecule has 19 heavy (non-hydrogen) atoms. The van der Waals surface area contributed by atoms with Gasteiger partial charge in [-0.15, -0.1) is 0 Å². The van der Waals surface area contributed by atoms with Crippen molar-refractivity contribution in [2.24, 2.45) is 0 Å². The van der Waals surface area contributed by atoms with E-state index in [9.17, 15) is 4.79 Å². The van der Waals surface area contributed by atoms with Crippen LogP contribution < -0.4 is 5.32 Å². The van der Waals surface area contributed by atoms with Crippen molar-refractivity contribution in [2.75, 3.05) is 11.5 Å². The molecule has 0 atom stereocenters. The van der Waals surface area contributed by atoms with Crippen molar-refractivity contribution >= 4 is 17.7 Å². The maximum absolute atomic E-state index is 11.7. The van der Waals surface area contributed by atoms with E-state index in [1.54, 1.807) is 11.8 Å². The number of hydrogen-bond acceptors (Lipinski definition) is 3. The molecule has 1 aromatic rings. The fourth-order valence-corrected chi connectivity index (χ4v) is 2.66. The molecular weight excluding hydrogens is 258 g/mol. The van der Waals surface area contributed by atoms with Crippen molar-refractivity contribution in [1.29, 1.82) is 0 Å². The van der Waals surface area contributed by atoms with Crippen LogP contribution in [0.15, 0.2) is 0 Å². The first kappa shape index (κ1) is 16.1. The molecule has 4 nitrogen and oxygen atoms in total. The standard InChI is InChI=1S/C14H25N3OS/c1-6-19-8-7-14(18)15-9-13-11(4)16-17(10(2)3)12(13)5/h10H,6-9H2,1-5H3,(H,15,18). The van der Waals surface area contributed by atoms with Crippen LogP contribution in [0.1, 0.15) is 50.2 Å². The van der Waals surface area contributed by atoms with Gasteiger partial charge in [0.05, 0.1) is 5.69 Å². The highest BCUT2D eigenvalue weighted by Crippen LogP contribution is 2.16. The van der Waals surface area contributed by atoms with E-state index >= 15 is 0 Å². The first-order valence-corrected chi connectivity index (χ1v) is 8.01. The Labute approximate surface area is 120 Å². The van der Waals surface area contributed by atoms with E-state index in [1.807, 2.05) is 11.6 Å². The molecule has 0 saturated carbocycles. The second kappa shape index (κ2) is 7.58. The third-order valence-corrected chi connectivity index (χ3v) is 4.00. The highest BCUT2D eigenvalue weighted by Gasteiger charge is 2.13. The van der Waals surface area contributed by atoms with Gasteiger partial charge in [0, 0.05) is 36.0 Å². The lowest BCUT2D eigenvalue weighted by atomic mass is 10.2. The number of carbonyl (C=O) groups is 1. The van der Waals surface area contributed by atoms with Gasteiger partial charge in [-0.25, -0.2) is 0 Å². The number of hydrogen-bond donors (Lipinski definition) is 1. The molecule has 0 bridgehead atoms. The summed E-state index contributed by atoms with van der Waals surface area (Å²) in [5.74, 6) is 2.08. The second-order valence-electron chi connectivity index (χ2n) is 4.91. The molecule has 1 amide bonds. The van der Waals surface area contributed by atoms with Gasteiger partial charge in [-0.05, 0) is 33.4 Å². The fourth-order valence-electron chi connectivity index (χ4n) is 2.04. The van der Waals surface area contributed by atoms with Crippen LogP contribution in [-0.2, 0) is 11.3 Å². The quantitative estimate of drug-likeness (QED) is 0.783. The number of nitrogens with zero attached hydrogens (tertiary/aromatic N) is 2. The molecule has 108 valence electrons. The molecule has 1 N–H and O–H groups in total. The molecule has 1 rings (SSSR count). The molecule has 0 fully saturated rings. The Morgan fingerprint density at radius 3 is 2.63 bits per heavy atom. The zero-order valence-corrected chi connectivity index (χ0v) is 13.4. The molecule has 0 unspecified atom stereocenters. The van der Waals surface area contributed by atoms with Gasteiger partial charge in [0.15, 0.2) is 0 Å². The van der Waals surface area contributed by atoms with Gasteiger partial charge in [0.1, 0.15) is 0 Å². The van der Waals surface area contributed by atoms with Crippen LogP contribution in [0.25, 0.3) is 0 Å². The Morgan fingerprint density at radius 1 is 1.42 bits per heavy atom. The van der Waals surface area contributed by atoms with Crippen molar-refractivity contribution < 1.29 is 4.79 Å². The summed E-state index contributed by atoms with van der Waals surface area (Å²) in [4.78, 5) is 11.7. The number of nitrogens with one attached hydrogen (secondary N) is 1. The van der Waals surface area contributed by atoms with E-state index in [2.05, 4.69) is 38.1 Å². The van der Waals surface area contributed by atoms with Gasteiger partial charge in [0.25, 0.3) is 0 Å². The van der Waals surface area contributed by atoms with Crippen LogP contribution in [0.4, 0.5) is 0 Å². The van der Waals surface area contributed by atoms with Gasteiger partial charge < -0.3 is 5.32 Å². The van der Waals surface area contributed by atoms with E-state index < -0.39 is 0 Å². The maximum Gasteiger partial charge on any atom is 0.221 e. The molecule has 5 heteroatoms. The summed E-state index contributed by atoms with van der Waals surface area (Å²) >= 11 is 1.80. The zero-order valence-electron chi connectivity index (χ0n) is 12.6. The van der Waals surface area contributed by atoms with Crippen LogP contribution in [0, 0.1) is 13.8 Å². The molecule has 0 aliphatic heterocycles.